The lowest BCUT2D eigenvalue weighted by Gasteiger charge is -1.99. The van der Waals surface area contributed by atoms with Crippen molar-refractivity contribution in [2.75, 3.05) is 0 Å². The van der Waals surface area contributed by atoms with Gasteiger partial charge in [0, 0.05) is 12.6 Å². The summed E-state index contributed by atoms with van der Waals surface area (Å²) >= 11 is 0. The normalized spacial score (nSPS) is 10.5. The summed E-state index contributed by atoms with van der Waals surface area (Å²) in [5.41, 5.74) is 7.18. The van der Waals surface area contributed by atoms with Crippen molar-refractivity contribution in [3.8, 4) is 0 Å². The number of hydrogen-bond donors (Lipinski definition) is 2. The van der Waals surface area contributed by atoms with Crippen molar-refractivity contribution >= 4 is 11.4 Å². The van der Waals surface area contributed by atoms with Crippen molar-refractivity contribution in [3.05, 3.63) is 30.1 Å². The Kier molecular flexibility index (Phi) is 1.70. The number of rotatable bonds is 2. The van der Waals surface area contributed by atoms with Crippen molar-refractivity contribution in [2.24, 2.45) is 5.73 Å². The molecule has 3 N–H and O–H groups in total. The molecule has 0 saturated heterocycles. The monoisotopic (exact) mass is 175 g/mol. The van der Waals surface area contributed by atoms with E-state index in [9.17, 15) is 0 Å². The van der Waals surface area contributed by atoms with E-state index in [1.54, 1.807) is 10.7 Å². The zero-order valence-electron chi connectivity index (χ0n) is 6.94. The molecule has 0 aliphatic carbocycles. The summed E-state index contributed by atoms with van der Waals surface area (Å²) in [4.78, 5) is 0. The molecule has 2 aromatic heterocycles. The van der Waals surface area contributed by atoms with Crippen LogP contribution in [-0.4, -0.2) is 20.7 Å². The number of aromatic nitrogens is 3. The molecule has 66 valence electrons. The van der Waals surface area contributed by atoms with Crippen LogP contribution in [0.1, 0.15) is 5.56 Å². The second kappa shape index (κ2) is 2.85. The van der Waals surface area contributed by atoms with Gasteiger partial charge in [-0.2, -0.15) is 0 Å². The Labute approximate surface area is 74.7 Å². The predicted molar refractivity (Wildman–Crippen MR) is 48.6 cm³/mol. The van der Waals surface area contributed by atoms with Gasteiger partial charge in [0.15, 0.2) is 0 Å². The largest absolute Gasteiger partial charge is 0.387 e. The molecule has 0 fully saturated rings. The fourth-order valence-electron chi connectivity index (χ4n) is 1.19. The molecule has 0 radical (unpaired) electrons. The molecule has 0 atom stereocenters. The molecule has 0 aromatic carbocycles. The van der Waals surface area contributed by atoms with E-state index in [2.05, 4.69) is 10.3 Å². The Balaban J connectivity index is 2.42. The Morgan fingerprint density at radius 3 is 3.15 bits per heavy atom. The van der Waals surface area contributed by atoms with Crippen LogP contribution in [0, 0.1) is 5.41 Å². The van der Waals surface area contributed by atoms with Gasteiger partial charge in [-0.05, 0) is 11.6 Å². The molecule has 13 heavy (non-hydrogen) atoms. The van der Waals surface area contributed by atoms with Crippen LogP contribution in [0.5, 0.6) is 0 Å². The highest BCUT2D eigenvalue weighted by atomic mass is 15.4. The molecule has 0 aliphatic rings. The second-order valence-corrected chi connectivity index (χ2v) is 2.84. The molecule has 2 aromatic rings. The minimum absolute atomic E-state index is 0.152. The van der Waals surface area contributed by atoms with Gasteiger partial charge in [0.25, 0.3) is 0 Å². The topological polar surface area (TPSA) is 80.1 Å². The quantitative estimate of drug-likeness (QED) is 0.505. The molecular weight excluding hydrogens is 166 g/mol. The van der Waals surface area contributed by atoms with Gasteiger partial charge in [-0.15, -0.1) is 5.10 Å². The Morgan fingerprint density at radius 1 is 1.54 bits per heavy atom. The first-order chi connectivity index (χ1) is 6.25. The van der Waals surface area contributed by atoms with Crippen LogP contribution in [0.4, 0.5) is 0 Å². The molecule has 0 spiro atoms. The highest BCUT2D eigenvalue weighted by Crippen LogP contribution is 2.04. The Bertz CT molecular complexity index is 444. The third-order valence-corrected chi connectivity index (χ3v) is 1.75. The molecule has 0 amide bonds. The third kappa shape index (κ3) is 1.48. The van der Waals surface area contributed by atoms with Gasteiger partial charge in [0.2, 0.25) is 0 Å². The SMILES string of the molecule is N=C(N)Cc1ccc2cnnn2c1. The summed E-state index contributed by atoms with van der Waals surface area (Å²) in [7, 11) is 0. The molecule has 2 heterocycles. The first-order valence-corrected chi connectivity index (χ1v) is 3.87. The van der Waals surface area contributed by atoms with Crippen molar-refractivity contribution in [1.29, 1.82) is 5.41 Å². The summed E-state index contributed by atoms with van der Waals surface area (Å²) in [6.07, 6.45) is 3.96. The van der Waals surface area contributed by atoms with Crippen molar-refractivity contribution in [1.82, 2.24) is 14.8 Å². The fraction of sp³-hybridized carbons (Fsp3) is 0.125. The van der Waals surface area contributed by atoms with E-state index >= 15 is 0 Å². The van der Waals surface area contributed by atoms with E-state index in [1.807, 2.05) is 18.3 Å². The lowest BCUT2D eigenvalue weighted by atomic mass is 10.2. The maximum absolute atomic E-state index is 7.14. The van der Waals surface area contributed by atoms with Gasteiger partial charge in [-0.25, -0.2) is 4.52 Å². The number of amidine groups is 1. The van der Waals surface area contributed by atoms with Gasteiger partial charge in [0.1, 0.15) is 0 Å². The minimum Gasteiger partial charge on any atom is -0.387 e. The molecule has 0 unspecified atom stereocenters. The van der Waals surface area contributed by atoms with Crippen LogP contribution in [0.3, 0.4) is 0 Å². The Hall–Kier alpha value is -1.91. The average Bonchev–Trinajstić information content (AvgIpc) is 2.49. The van der Waals surface area contributed by atoms with Gasteiger partial charge in [-0.1, -0.05) is 11.3 Å². The summed E-state index contributed by atoms with van der Waals surface area (Å²) in [5, 5.41) is 14.7. The number of fused-ring (bicyclic) bond motifs is 1. The fourth-order valence-corrected chi connectivity index (χ4v) is 1.19. The number of nitrogens with one attached hydrogen (secondary N) is 1. The van der Waals surface area contributed by atoms with Crippen LogP contribution in [-0.2, 0) is 6.42 Å². The zero-order chi connectivity index (χ0) is 9.26. The molecule has 0 saturated carbocycles. The van der Waals surface area contributed by atoms with Crippen LogP contribution in [0.15, 0.2) is 24.5 Å². The second-order valence-electron chi connectivity index (χ2n) is 2.84. The predicted octanol–water partition coefficient (Wildman–Crippen LogP) is 0.208. The number of pyridine rings is 1. The van der Waals surface area contributed by atoms with E-state index in [4.69, 9.17) is 11.1 Å². The van der Waals surface area contributed by atoms with Gasteiger partial charge < -0.3 is 5.73 Å². The number of nitrogens with zero attached hydrogens (tertiary/aromatic N) is 3. The van der Waals surface area contributed by atoms with Crippen molar-refractivity contribution in [2.45, 2.75) is 6.42 Å². The van der Waals surface area contributed by atoms with Gasteiger partial charge in [0.05, 0.1) is 17.5 Å². The smallest absolute Gasteiger partial charge is 0.0950 e. The summed E-state index contributed by atoms with van der Waals surface area (Å²) in [6, 6.07) is 3.82. The standard InChI is InChI=1S/C8H9N5/c9-8(10)3-6-1-2-7-4-11-12-13(7)5-6/h1-2,4-5H,3H2,(H3,9,10). The molecule has 5 nitrogen and oxygen atoms in total. The summed E-state index contributed by atoms with van der Waals surface area (Å²) in [6.45, 7) is 0. The Morgan fingerprint density at radius 2 is 2.38 bits per heavy atom. The number of nitrogens with two attached hydrogens (primary N) is 1. The first kappa shape index (κ1) is 7.72. The van der Waals surface area contributed by atoms with Crippen LogP contribution in [0.25, 0.3) is 5.52 Å². The van der Waals surface area contributed by atoms with Crippen molar-refractivity contribution < 1.29 is 0 Å². The van der Waals surface area contributed by atoms with E-state index < -0.39 is 0 Å². The molecule has 5 heteroatoms. The minimum atomic E-state index is 0.152. The zero-order valence-corrected chi connectivity index (χ0v) is 6.94. The first-order valence-electron chi connectivity index (χ1n) is 3.87. The molecule has 0 aliphatic heterocycles. The van der Waals surface area contributed by atoms with E-state index in [0.717, 1.165) is 11.1 Å². The summed E-state index contributed by atoms with van der Waals surface area (Å²) < 4.78 is 1.66. The van der Waals surface area contributed by atoms with Crippen LogP contribution >= 0.6 is 0 Å². The van der Waals surface area contributed by atoms with Crippen LogP contribution in [0.2, 0.25) is 0 Å². The maximum Gasteiger partial charge on any atom is 0.0950 e. The lowest BCUT2D eigenvalue weighted by Crippen LogP contribution is -2.13. The molecular formula is C8H9N5. The maximum atomic E-state index is 7.14. The van der Waals surface area contributed by atoms with Crippen LogP contribution < -0.4 is 5.73 Å². The number of hydrogen-bond acceptors (Lipinski definition) is 3. The third-order valence-electron chi connectivity index (χ3n) is 1.75. The van der Waals surface area contributed by atoms with E-state index in [1.165, 1.54) is 0 Å². The molecule has 2 rings (SSSR count). The lowest BCUT2D eigenvalue weighted by molar-refractivity contribution is 0.849. The highest BCUT2D eigenvalue weighted by Gasteiger charge is 1.98. The molecule has 0 bridgehead atoms. The highest BCUT2D eigenvalue weighted by molar-refractivity contribution is 5.79. The van der Waals surface area contributed by atoms with Crippen molar-refractivity contribution in [3.63, 3.8) is 0 Å². The van der Waals surface area contributed by atoms with Gasteiger partial charge in [-0.3, -0.25) is 5.41 Å². The van der Waals surface area contributed by atoms with E-state index in [-0.39, 0.29) is 5.84 Å². The summed E-state index contributed by atoms with van der Waals surface area (Å²) in [5.74, 6) is 0.152. The average molecular weight is 175 g/mol. The van der Waals surface area contributed by atoms with E-state index in [0.29, 0.717) is 6.42 Å². The van der Waals surface area contributed by atoms with Gasteiger partial charge >= 0.3 is 0 Å².